The number of nitrogens with one attached hydrogen (secondary N) is 2. The van der Waals surface area contributed by atoms with Gasteiger partial charge in [0, 0.05) is 37.1 Å². The maximum Gasteiger partial charge on any atom is 0.262 e. The zero-order chi connectivity index (χ0) is 20.7. The molecule has 0 fully saturated rings. The van der Waals surface area contributed by atoms with E-state index in [9.17, 15) is 14.9 Å². The number of methoxy groups -OCH3 is 1. The molecule has 2 rings (SSSR count). The summed E-state index contributed by atoms with van der Waals surface area (Å²) < 4.78 is 7.25. The predicted octanol–water partition coefficient (Wildman–Crippen LogP) is 2.26. The highest BCUT2D eigenvalue weighted by Crippen LogP contribution is 2.24. The molecular formula is C21H24N4O3. The van der Waals surface area contributed by atoms with Gasteiger partial charge in [0.05, 0.1) is 7.11 Å². The van der Waals surface area contributed by atoms with Gasteiger partial charge < -0.3 is 19.9 Å². The Morgan fingerprint density at radius 1 is 1.18 bits per heavy atom. The molecule has 0 bridgehead atoms. The van der Waals surface area contributed by atoms with Crippen molar-refractivity contribution in [2.75, 3.05) is 20.2 Å². The van der Waals surface area contributed by atoms with E-state index in [-0.39, 0.29) is 18.0 Å². The molecule has 28 heavy (non-hydrogen) atoms. The summed E-state index contributed by atoms with van der Waals surface area (Å²) in [5.74, 6) is 0.132. The number of nitrogens with zero attached hydrogens (tertiary/aromatic N) is 2. The highest BCUT2D eigenvalue weighted by molar-refractivity contribution is 6.01. The van der Waals surface area contributed by atoms with Crippen molar-refractivity contribution in [2.24, 2.45) is 0 Å². The number of aromatic nitrogens is 1. The lowest BCUT2D eigenvalue weighted by molar-refractivity contribution is -0.120. The number of nitriles is 1. The molecule has 146 valence electrons. The molecule has 1 aromatic carbocycles. The van der Waals surface area contributed by atoms with Crippen molar-refractivity contribution in [3.8, 4) is 17.5 Å². The average Bonchev–Trinajstić information content (AvgIpc) is 2.96. The van der Waals surface area contributed by atoms with Gasteiger partial charge in [-0.2, -0.15) is 5.26 Å². The van der Waals surface area contributed by atoms with Gasteiger partial charge in [-0.3, -0.25) is 9.59 Å². The highest BCUT2D eigenvalue weighted by Gasteiger charge is 2.13. The fraction of sp³-hybridized carbons (Fsp3) is 0.286. The van der Waals surface area contributed by atoms with Crippen LogP contribution in [0.3, 0.4) is 0 Å². The fourth-order valence-corrected chi connectivity index (χ4v) is 2.88. The van der Waals surface area contributed by atoms with Crippen LogP contribution in [0, 0.1) is 25.2 Å². The van der Waals surface area contributed by atoms with E-state index in [1.54, 1.807) is 13.2 Å². The zero-order valence-corrected chi connectivity index (χ0v) is 16.5. The van der Waals surface area contributed by atoms with Crippen molar-refractivity contribution in [1.29, 1.82) is 5.26 Å². The van der Waals surface area contributed by atoms with Crippen LogP contribution >= 0.6 is 0 Å². The van der Waals surface area contributed by atoms with E-state index < -0.39 is 5.91 Å². The van der Waals surface area contributed by atoms with Crippen LogP contribution in [-0.4, -0.2) is 36.6 Å². The van der Waals surface area contributed by atoms with E-state index >= 15 is 0 Å². The number of ether oxygens (including phenoxy) is 1. The van der Waals surface area contributed by atoms with Crippen LogP contribution in [0.2, 0.25) is 0 Å². The number of carbonyl (C=O) groups is 2. The van der Waals surface area contributed by atoms with Crippen molar-refractivity contribution in [1.82, 2.24) is 15.2 Å². The fourth-order valence-electron chi connectivity index (χ4n) is 2.88. The molecule has 0 saturated carbocycles. The lowest BCUT2D eigenvalue weighted by Crippen LogP contribution is -2.34. The monoisotopic (exact) mass is 380 g/mol. The van der Waals surface area contributed by atoms with Crippen molar-refractivity contribution in [3.05, 3.63) is 52.9 Å². The summed E-state index contributed by atoms with van der Waals surface area (Å²) in [5.41, 5.74) is 3.67. The zero-order valence-electron chi connectivity index (χ0n) is 16.5. The van der Waals surface area contributed by atoms with Crippen molar-refractivity contribution in [3.63, 3.8) is 0 Å². The molecule has 1 aromatic heterocycles. The van der Waals surface area contributed by atoms with E-state index in [4.69, 9.17) is 4.74 Å². The Kier molecular flexibility index (Phi) is 6.99. The van der Waals surface area contributed by atoms with Crippen LogP contribution in [0.15, 0.2) is 35.9 Å². The number of aryl methyl sites for hydroxylation is 1. The Morgan fingerprint density at radius 3 is 2.39 bits per heavy atom. The largest absolute Gasteiger partial charge is 0.497 e. The van der Waals surface area contributed by atoms with Crippen molar-refractivity contribution >= 4 is 17.9 Å². The second-order valence-electron chi connectivity index (χ2n) is 6.27. The average molecular weight is 380 g/mol. The minimum absolute atomic E-state index is 0.0119. The molecule has 0 spiro atoms. The van der Waals surface area contributed by atoms with Crippen LogP contribution in [0.5, 0.6) is 5.75 Å². The molecule has 0 atom stereocenters. The first-order valence-corrected chi connectivity index (χ1v) is 8.85. The third kappa shape index (κ3) is 5.01. The molecule has 0 radical (unpaired) electrons. The minimum atomic E-state index is -0.470. The Hall–Kier alpha value is -3.53. The van der Waals surface area contributed by atoms with Gasteiger partial charge in [-0.15, -0.1) is 0 Å². The Labute approximate surface area is 164 Å². The van der Waals surface area contributed by atoms with E-state index in [0.29, 0.717) is 6.54 Å². The van der Waals surface area contributed by atoms with Crippen LogP contribution in [0.1, 0.15) is 23.9 Å². The van der Waals surface area contributed by atoms with E-state index in [2.05, 4.69) is 15.2 Å². The molecule has 0 saturated heterocycles. The molecule has 0 aliphatic rings. The van der Waals surface area contributed by atoms with Gasteiger partial charge in [0.15, 0.2) is 0 Å². The Morgan fingerprint density at radius 2 is 1.82 bits per heavy atom. The number of hydrogen-bond acceptors (Lipinski definition) is 4. The molecule has 0 aliphatic heterocycles. The summed E-state index contributed by atoms with van der Waals surface area (Å²) in [6, 6.07) is 11.5. The molecule has 2 amide bonds. The molecule has 2 N–H and O–H groups in total. The maximum atomic E-state index is 12.2. The van der Waals surface area contributed by atoms with Gasteiger partial charge in [-0.05, 0) is 55.8 Å². The third-order valence-corrected chi connectivity index (χ3v) is 4.25. The number of hydrogen-bond donors (Lipinski definition) is 2. The topological polar surface area (TPSA) is 96.2 Å². The quantitative estimate of drug-likeness (QED) is 0.437. The molecule has 1 heterocycles. The first-order valence-electron chi connectivity index (χ1n) is 8.85. The number of rotatable bonds is 7. The van der Waals surface area contributed by atoms with Gasteiger partial charge in [0.25, 0.3) is 5.91 Å². The lowest BCUT2D eigenvalue weighted by atomic mass is 10.1. The first-order chi connectivity index (χ1) is 13.4. The second kappa shape index (κ2) is 9.42. The first kappa shape index (κ1) is 20.8. The summed E-state index contributed by atoms with van der Waals surface area (Å²) in [4.78, 5) is 23.1. The van der Waals surface area contributed by atoms with Gasteiger partial charge in [0.1, 0.15) is 17.4 Å². The summed E-state index contributed by atoms with van der Waals surface area (Å²) >= 11 is 0. The summed E-state index contributed by atoms with van der Waals surface area (Å²) in [7, 11) is 1.62. The smallest absolute Gasteiger partial charge is 0.262 e. The summed E-state index contributed by atoms with van der Waals surface area (Å²) in [5, 5.41) is 14.6. The van der Waals surface area contributed by atoms with Gasteiger partial charge in [-0.1, -0.05) is 0 Å². The Balaban J connectivity index is 2.23. The van der Waals surface area contributed by atoms with Crippen LogP contribution in [-0.2, 0) is 9.59 Å². The van der Waals surface area contributed by atoms with Crippen molar-refractivity contribution < 1.29 is 14.3 Å². The van der Waals surface area contributed by atoms with Gasteiger partial charge >= 0.3 is 0 Å². The number of carbonyl (C=O) groups excluding carboxylic acids is 2. The molecule has 7 nitrogen and oxygen atoms in total. The molecule has 0 aliphatic carbocycles. The van der Waals surface area contributed by atoms with Gasteiger partial charge in [0.2, 0.25) is 5.91 Å². The number of amides is 2. The van der Waals surface area contributed by atoms with E-state index in [1.807, 2.05) is 50.2 Å². The highest BCUT2D eigenvalue weighted by atomic mass is 16.5. The molecule has 0 unspecified atom stereocenters. The molecule has 7 heteroatoms. The summed E-state index contributed by atoms with van der Waals surface area (Å²) in [6.45, 7) is 5.87. The lowest BCUT2D eigenvalue weighted by Gasteiger charge is -2.10. The van der Waals surface area contributed by atoms with E-state index in [1.165, 1.54) is 6.92 Å². The van der Waals surface area contributed by atoms with Crippen LogP contribution in [0.25, 0.3) is 11.8 Å². The second-order valence-corrected chi connectivity index (χ2v) is 6.27. The molecule has 2 aromatic rings. The van der Waals surface area contributed by atoms with E-state index in [0.717, 1.165) is 28.4 Å². The Bertz CT molecular complexity index is 934. The SMILES string of the molecule is COc1ccc(-n2c(C)cc(C=C(C#N)C(=O)NCCNC(C)=O)c2C)cc1. The van der Waals surface area contributed by atoms with Gasteiger partial charge in [-0.25, -0.2) is 0 Å². The van der Waals surface area contributed by atoms with Crippen LogP contribution < -0.4 is 15.4 Å². The minimum Gasteiger partial charge on any atom is -0.497 e. The number of benzene rings is 1. The third-order valence-electron chi connectivity index (χ3n) is 4.25. The normalized spacial score (nSPS) is 10.9. The predicted molar refractivity (Wildman–Crippen MR) is 107 cm³/mol. The summed E-state index contributed by atoms with van der Waals surface area (Å²) in [6.07, 6.45) is 1.58. The molecular weight excluding hydrogens is 356 g/mol. The van der Waals surface area contributed by atoms with Crippen LogP contribution in [0.4, 0.5) is 0 Å². The van der Waals surface area contributed by atoms with Crippen molar-refractivity contribution in [2.45, 2.75) is 20.8 Å². The maximum absolute atomic E-state index is 12.2. The standard InChI is InChI=1S/C21H24N4O3/c1-14-11-17(12-18(13-22)21(27)24-10-9-23-16(3)26)15(2)25(14)19-5-7-20(28-4)8-6-19/h5-8,11-12H,9-10H2,1-4H3,(H,23,26)(H,24,27).